The van der Waals surface area contributed by atoms with Gasteiger partial charge in [0.1, 0.15) is 0 Å². The van der Waals surface area contributed by atoms with Crippen LogP contribution in [0.25, 0.3) is 9.44 Å². The molecule has 0 atom stereocenters. The molecule has 14 nitrogen and oxygen atoms in total. The number of benzene rings is 2. The Morgan fingerprint density at radius 1 is 0.541 bits per heavy atom. The Hall–Kier alpha value is -3.76. The zero-order valence-corrected chi connectivity index (χ0v) is 24.1. The Morgan fingerprint density at radius 2 is 0.811 bits per heavy atom. The van der Waals surface area contributed by atoms with Crippen LogP contribution in [0.15, 0.2) is 95.2 Å². The fraction of sp³-hybridized carbons (Fsp3) is 0. The predicted molar refractivity (Wildman–Crippen MR) is 136 cm³/mol. The van der Waals surface area contributed by atoms with Gasteiger partial charge in [-0.1, -0.05) is 12.1 Å². The fourth-order valence-corrected chi connectivity index (χ4v) is 4.07. The minimum absolute atomic E-state index is 0. The van der Waals surface area contributed by atoms with Crippen LogP contribution in [-0.4, -0.2) is 36.8 Å². The van der Waals surface area contributed by atoms with E-state index in [1.807, 2.05) is 0 Å². The number of hydrogen-bond donors (Lipinski definition) is 4. The average molecular weight is 598 g/mol. The molecule has 0 aliphatic carbocycles. The molecule has 0 saturated carbocycles. The summed E-state index contributed by atoms with van der Waals surface area (Å²) in [6.45, 7) is 0. The van der Waals surface area contributed by atoms with Gasteiger partial charge in [0.2, 0.25) is 20.0 Å². The van der Waals surface area contributed by atoms with E-state index in [4.69, 9.17) is 11.5 Å². The summed E-state index contributed by atoms with van der Waals surface area (Å²) in [7, 11) is -7.57. The van der Waals surface area contributed by atoms with E-state index in [1.165, 1.54) is 73.3 Å². The number of sulfonamides is 2. The van der Waals surface area contributed by atoms with Gasteiger partial charge in [-0.15, -0.1) is 0 Å². The zero-order chi connectivity index (χ0) is 24.6. The second-order valence-corrected chi connectivity index (χ2v) is 9.58. The molecule has 0 saturated heterocycles. The van der Waals surface area contributed by atoms with Crippen molar-refractivity contribution in [1.29, 1.82) is 0 Å². The van der Waals surface area contributed by atoms with E-state index in [0.717, 1.165) is 0 Å². The molecule has 0 spiro atoms. The molecule has 4 aromatic rings. The monoisotopic (exact) mass is 596 g/mol. The van der Waals surface area contributed by atoms with Crippen LogP contribution in [0.2, 0.25) is 0 Å². The van der Waals surface area contributed by atoms with E-state index >= 15 is 0 Å². The van der Waals surface area contributed by atoms with E-state index in [1.54, 1.807) is 12.1 Å². The van der Waals surface area contributed by atoms with Gasteiger partial charge in [0.05, 0.1) is 9.79 Å². The average Bonchev–Trinajstić information content (AvgIpc) is 2.81. The minimum Gasteiger partial charge on any atom is -0.399 e. The smallest absolute Gasteiger partial charge is 0.399 e. The quantitative estimate of drug-likeness (QED) is 0.184. The van der Waals surface area contributed by atoms with E-state index < -0.39 is 20.0 Å². The Labute approximate surface area is 227 Å². The van der Waals surface area contributed by atoms with Crippen molar-refractivity contribution in [2.24, 2.45) is 0 Å². The first-order valence-electron chi connectivity index (χ1n) is 9.37. The van der Waals surface area contributed by atoms with Crippen LogP contribution in [0.4, 0.5) is 23.3 Å². The molecule has 17 heteroatoms. The number of rotatable bonds is 6. The first-order chi connectivity index (χ1) is 16.2. The maximum Gasteiger partial charge on any atom is 2.00 e. The molecule has 192 valence electrons. The molecular weight excluding hydrogens is 574 g/mol. The Balaban J connectivity index is 0.000000648. The van der Waals surface area contributed by atoms with Crippen LogP contribution >= 0.6 is 0 Å². The van der Waals surface area contributed by atoms with Gasteiger partial charge in [-0.05, 0) is 73.3 Å². The molecule has 2 aromatic heterocycles. The van der Waals surface area contributed by atoms with Crippen LogP contribution in [-0.2, 0) is 39.5 Å². The number of aromatic nitrogens is 4. The molecule has 0 fully saturated rings. The molecule has 0 amide bonds. The van der Waals surface area contributed by atoms with E-state index in [9.17, 15) is 16.8 Å². The number of nitrogen functional groups attached to an aromatic ring is 2. The molecule has 4 rings (SSSR count). The molecule has 0 aliphatic heterocycles. The molecule has 0 radical (unpaired) electrons. The zero-order valence-electron chi connectivity index (χ0n) is 19.5. The van der Waals surface area contributed by atoms with Gasteiger partial charge in [0, 0.05) is 23.3 Å². The summed E-state index contributed by atoms with van der Waals surface area (Å²) in [5.74, 6) is -0.186. The molecule has 37 heavy (non-hydrogen) atoms. The standard InChI is InChI=1S/2C10H9N4O2S.2H3N.Zn/c2*11-8-2-4-9(5-3-8)17(15,16)14-10-12-6-1-7-13-10;;;/h2*1-7H,11H2;2*1H3;/q2*-1;;;+2. The topological polar surface area (TPSA) is 270 Å². The number of hydrogen-bond acceptors (Lipinski definition) is 12. The van der Waals surface area contributed by atoms with Crippen molar-refractivity contribution < 1.29 is 36.3 Å². The van der Waals surface area contributed by atoms with Crippen LogP contribution in [0.5, 0.6) is 0 Å². The normalized spacial score (nSPS) is 10.2. The molecule has 0 aliphatic rings. The molecule has 0 bridgehead atoms. The molecule has 2 aromatic carbocycles. The molecule has 0 unspecified atom stereocenters. The summed E-state index contributed by atoms with van der Waals surface area (Å²) >= 11 is 0. The third kappa shape index (κ3) is 10.0. The van der Waals surface area contributed by atoms with Crippen molar-refractivity contribution in [3.63, 3.8) is 0 Å². The fourth-order valence-electron chi connectivity index (χ4n) is 2.28. The summed E-state index contributed by atoms with van der Waals surface area (Å²) in [6, 6.07) is 14.7. The van der Waals surface area contributed by atoms with Crippen molar-refractivity contribution in [2.75, 3.05) is 11.5 Å². The maximum atomic E-state index is 11.8. The number of anilines is 2. The Kier molecular flexibility index (Phi) is 13.2. The van der Waals surface area contributed by atoms with Crippen LogP contribution in [0, 0.1) is 0 Å². The Bertz CT molecular complexity index is 1320. The largest absolute Gasteiger partial charge is 2.00 e. The van der Waals surface area contributed by atoms with Crippen molar-refractivity contribution >= 4 is 43.3 Å². The summed E-state index contributed by atoms with van der Waals surface area (Å²) < 4.78 is 54.3. The van der Waals surface area contributed by atoms with Crippen LogP contribution < -0.4 is 23.8 Å². The number of nitrogens with zero attached hydrogens (tertiary/aromatic N) is 6. The summed E-state index contributed by atoms with van der Waals surface area (Å²) in [6.07, 6.45) is 5.68. The van der Waals surface area contributed by atoms with Gasteiger partial charge in [-0.25, -0.2) is 16.8 Å². The summed E-state index contributed by atoms with van der Waals surface area (Å²) in [5, 5.41) is 0. The summed E-state index contributed by atoms with van der Waals surface area (Å²) in [5.41, 5.74) is 11.9. The maximum absolute atomic E-state index is 11.8. The second kappa shape index (κ2) is 14.7. The van der Waals surface area contributed by atoms with Crippen LogP contribution in [0.1, 0.15) is 0 Å². The third-order valence-corrected chi connectivity index (χ3v) is 6.41. The van der Waals surface area contributed by atoms with Crippen molar-refractivity contribution in [3.8, 4) is 0 Å². The minimum atomic E-state index is -3.79. The van der Waals surface area contributed by atoms with Gasteiger partial charge >= 0.3 is 19.5 Å². The SMILES string of the molecule is N.N.Nc1ccc(S(=O)(=O)[N-]c2ncccn2)cc1.Nc1ccc(S(=O)(=O)[N-]c2ncccn2)cc1.[Zn+2]. The molecule has 10 N–H and O–H groups in total. The van der Waals surface area contributed by atoms with Gasteiger partial charge in [-0.3, -0.25) is 9.44 Å². The molecule has 2 heterocycles. The van der Waals surface area contributed by atoms with Crippen molar-refractivity contribution in [1.82, 2.24) is 32.2 Å². The molecular formula is C20H24N10O4S2Zn. The van der Waals surface area contributed by atoms with Crippen molar-refractivity contribution in [3.05, 3.63) is 94.9 Å². The summed E-state index contributed by atoms with van der Waals surface area (Å²) in [4.78, 5) is 15.0. The Morgan fingerprint density at radius 3 is 1.08 bits per heavy atom. The van der Waals surface area contributed by atoms with E-state index in [-0.39, 0.29) is 53.5 Å². The second-order valence-electron chi connectivity index (χ2n) is 6.37. The predicted octanol–water partition coefficient (Wildman–Crippen LogP) is 3.23. The van der Waals surface area contributed by atoms with Gasteiger partial charge in [0.15, 0.2) is 0 Å². The van der Waals surface area contributed by atoms with Gasteiger partial charge in [-0.2, -0.15) is 0 Å². The third-order valence-electron chi connectivity index (χ3n) is 3.86. The van der Waals surface area contributed by atoms with Crippen molar-refractivity contribution in [2.45, 2.75) is 9.79 Å². The first-order valence-corrected chi connectivity index (χ1v) is 12.2. The first kappa shape index (κ1) is 33.2. The van der Waals surface area contributed by atoms with Gasteiger partial charge in [0.25, 0.3) is 0 Å². The number of nitrogens with two attached hydrogens (primary N) is 2. The van der Waals surface area contributed by atoms with Gasteiger partial charge < -0.3 is 43.7 Å². The van der Waals surface area contributed by atoms with E-state index in [2.05, 4.69) is 29.4 Å². The van der Waals surface area contributed by atoms with E-state index in [0.29, 0.717) is 11.4 Å². The van der Waals surface area contributed by atoms with Crippen LogP contribution in [0.3, 0.4) is 0 Å².